The second-order valence-corrected chi connectivity index (χ2v) is 9.79. The van der Waals surface area contributed by atoms with E-state index in [0.29, 0.717) is 35.6 Å². The number of hydrogen-bond donors (Lipinski definition) is 2. The quantitative estimate of drug-likeness (QED) is 0.285. The number of amides is 2. The fourth-order valence-corrected chi connectivity index (χ4v) is 4.58. The summed E-state index contributed by atoms with van der Waals surface area (Å²) >= 11 is 0. The van der Waals surface area contributed by atoms with Gasteiger partial charge in [-0.2, -0.15) is 0 Å². The van der Waals surface area contributed by atoms with Gasteiger partial charge in [-0.1, -0.05) is 60.6 Å². The number of anilines is 3. The number of aliphatic hydroxyl groups excluding tert-OH is 1. The number of nitrogens with zero attached hydrogens (tertiary/aromatic N) is 2. The third-order valence-corrected chi connectivity index (χ3v) is 6.76. The number of hydrogen-bond acceptors (Lipinski definition) is 4. The molecule has 0 spiro atoms. The molecular formula is C31H38N2O4. The van der Waals surface area contributed by atoms with Gasteiger partial charge < -0.3 is 15.1 Å². The van der Waals surface area contributed by atoms with Crippen molar-refractivity contribution in [2.24, 2.45) is 5.92 Å². The Kier molecular flexibility index (Phi) is 9.61. The Morgan fingerprint density at radius 1 is 1.05 bits per heavy atom. The lowest BCUT2D eigenvalue weighted by molar-refractivity contribution is -0.139. The van der Waals surface area contributed by atoms with Crippen molar-refractivity contribution in [3.05, 3.63) is 89.5 Å². The Morgan fingerprint density at radius 3 is 2.43 bits per heavy atom. The molecule has 2 N–H and O–H groups in total. The molecule has 0 aliphatic carbocycles. The molecule has 0 bridgehead atoms. The minimum atomic E-state index is -1.80. The molecule has 2 atom stereocenters. The van der Waals surface area contributed by atoms with E-state index in [9.17, 15) is 14.7 Å². The van der Waals surface area contributed by atoms with Crippen LogP contribution in [0.1, 0.15) is 52.5 Å². The largest absolute Gasteiger partial charge is 0.396 e. The zero-order valence-electron chi connectivity index (χ0n) is 22.2. The summed E-state index contributed by atoms with van der Waals surface area (Å²) in [4.78, 5) is 28.9. The highest BCUT2D eigenvalue weighted by Gasteiger charge is 2.52. The van der Waals surface area contributed by atoms with Gasteiger partial charge in [0.2, 0.25) is 6.41 Å². The van der Waals surface area contributed by atoms with E-state index >= 15 is 0 Å². The van der Waals surface area contributed by atoms with Crippen molar-refractivity contribution in [2.45, 2.75) is 52.6 Å². The molecule has 1 heterocycles. The number of allylic oxidation sites excluding steroid dienone is 3. The first-order chi connectivity index (χ1) is 17.7. The van der Waals surface area contributed by atoms with Gasteiger partial charge in [0, 0.05) is 36.0 Å². The molecule has 6 heteroatoms. The van der Waals surface area contributed by atoms with Gasteiger partial charge in [0.1, 0.15) is 0 Å². The first-order valence-corrected chi connectivity index (χ1v) is 12.8. The summed E-state index contributed by atoms with van der Waals surface area (Å²) in [5.41, 5.74) is 3.00. The number of aliphatic hydroxyl groups is 2. The van der Waals surface area contributed by atoms with Crippen molar-refractivity contribution in [3.8, 4) is 0 Å². The summed E-state index contributed by atoms with van der Waals surface area (Å²) in [6.45, 7) is 8.34. The maximum absolute atomic E-state index is 13.8. The maximum atomic E-state index is 13.8. The van der Waals surface area contributed by atoms with Crippen LogP contribution in [0.2, 0.25) is 0 Å². The van der Waals surface area contributed by atoms with Gasteiger partial charge in [-0.15, -0.1) is 0 Å². The highest BCUT2D eigenvalue weighted by Crippen LogP contribution is 2.47. The molecule has 1 aliphatic heterocycles. The molecule has 37 heavy (non-hydrogen) atoms. The SMILES string of the molecule is CC(C)=CCC/C(C)=C/CN1C(=O)[C@](O)([C@H](C)/C=C/CCO)c2cc(N(C=O)c3ccccc3)ccc21. The van der Waals surface area contributed by atoms with E-state index in [0.717, 1.165) is 19.3 Å². The Hall–Kier alpha value is -3.48. The summed E-state index contributed by atoms with van der Waals surface area (Å²) in [5.74, 6) is -0.943. The zero-order chi connectivity index (χ0) is 27.0. The first-order valence-electron chi connectivity index (χ1n) is 12.8. The van der Waals surface area contributed by atoms with E-state index in [2.05, 4.69) is 26.8 Å². The smallest absolute Gasteiger partial charge is 0.264 e. The molecule has 6 nitrogen and oxygen atoms in total. The van der Waals surface area contributed by atoms with Crippen molar-refractivity contribution in [3.63, 3.8) is 0 Å². The molecule has 2 amide bonds. The zero-order valence-corrected chi connectivity index (χ0v) is 22.2. The molecule has 0 aromatic heterocycles. The molecule has 1 aliphatic rings. The van der Waals surface area contributed by atoms with Crippen LogP contribution in [-0.4, -0.2) is 35.7 Å². The average molecular weight is 503 g/mol. The number of rotatable bonds is 12. The van der Waals surface area contributed by atoms with Crippen molar-refractivity contribution in [1.29, 1.82) is 0 Å². The van der Waals surface area contributed by atoms with Crippen LogP contribution >= 0.6 is 0 Å². The average Bonchev–Trinajstić information content (AvgIpc) is 3.10. The van der Waals surface area contributed by atoms with Crippen LogP contribution in [0.5, 0.6) is 0 Å². The van der Waals surface area contributed by atoms with E-state index in [1.807, 2.05) is 36.4 Å². The predicted octanol–water partition coefficient (Wildman–Crippen LogP) is 5.78. The van der Waals surface area contributed by atoms with E-state index in [1.165, 1.54) is 16.0 Å². The maximum Gasteiger partial charge on any atom is 0.264 e. The van der Waals surface area contributed by atoms with Crippen LogP contribution in [0.4, 0.5) is 17.1 Å². The lowest BCUT2D eigenvalue weighted by atomic mass is 9.82. The van der Waals surface area contributed by atoms with Crippen molar-refractivity contribution >= 4 is 29.4 Å². The fourth-order valence-electron chi connectivity index (χ4n) is 4.58. The summed E-state index contributed by atoms with van der Waals surface area (Å²) in [6.07, 6.45) is 10.8. The second-order valence-electron chi connectivity index (χ2n) is 9.79. The van der Waals surface area contributed by atoms with Crippen LogP contribution in [0.25, 0.3) is 0 Å². The number of fused-ring (bicyclic) bond motifs is 1. The van der Waals surface area contributed by atoms with Gasteiger partial charge in [0.25, 0.3) is 5.91 Å². The number of benzene rings is 2. The summed E-state index contributed by atoms with van der Waals surface area (Å²) < 4.78 is 0. The van der Waals surface area contributed by atoms with E-state index in [-0.39, 0.29) is 6.61 Å². The number of carbonyl (C=O) groups is 2. The molecular weight excluding hydrogens is 464 g/mol. The monoisotopic (exact) mass is 502 g/mol. The van der Waals surface area contributed by atoms with Gasteiger partial charge >= 0.3 is 0 Å². The topological polar surface area (TPSA) is 81.1 Å². The van der Waals surface area contributed by atoms with Crippen LogP contribution in [-0.2, 0) is 15.2 Å². The lowest BCUT2D eigenvalue weighted by Gasteiger charge is -2.28. The van der Waals surface area contributed by atoms with Crippen LogP contribution in [0.3, 0.4) is 0 Å². The van der Waals surface area contributed by atoms with Crippen LogP contribution in [0, 0.1) is 5.92 Å². The highest BCUT2D eigenvalue weighted by atomic mass is 16.3. The van der Waals surface area contributed by atoms with Gasteiger partial charge in [-0.05, 0) is 70.4 Å². The van der Waals surface area contributed by atoms with Gasteiger partial charge in [0.15, 0.2) is 5.60 Å². The molecule has 0 unspecified atom stereocenters. The molecule has 0 radical (unpaired) electrons. The minimum absolute atomic E-state index is 0.00928. The standard InChI is InChI=1S/C31H38N2O4/c1-23(2)11-10-12-24(3)18-19-32-29-17-16-27(33(22-35)26-14-6-5-7-15-26)21-28(29)31(37,30(32)36)25(4)13-8-9-20-34/h5-8,11,13-18,21-22,25,34,37H,9-10,12,19-20H2,1-4H3/b13-8+,24-18+/t25-,31+/m1/s1. The second kappa shape index (κ2) is 12.7. The number of carbonyl (C=O) groups excluding carboxylic acids is 2. The summed E-state index contributed by atoms with van der Waals surface area (Å²) in [5, 5.41) is 21.1. The van der Waals surface area contributed by atoms with Crippen LogP contribution in [0.15, 0.2) is 84.0 Å². The van der Waals surface area contributed by atoms with Crippen LogP contribution < -0.4 is 9.80 Å². The Bertz CT molecular complexity index is 1180. The summed E-state index contributed by atoms with van der Waals surface area (Å²) in [6, 6.07) is 14.6. The normalized spacial score (nSPS) is 18.2. The molecule has 2 aromatic carbocycles. The molecule has 0 saturated heterocycles. The molecule has 0 fully saturated rings. The first kappa shape index (κ1) is 28.1. The third kappa shape index (κ3) is 6.27. The van der Waals surface area contributed by atoms with E-state index < -0.39 is 17.4 Å². The Labute approximate surface area is 220 Å². The Balaban J connectivity index is 2.02. The summed E-state index contributed by atoms with van der Waals surface area (Å²) in [7, 11) is 0. The highest BCUT2D eigenvalue weighted by molar-refractivity contribution is 6.08. The van der Waals surface area contributed by atoms with Gasteiger partial charge in [-0.3, -0.25) is 14.5 Å². The number of para-hydroxylation sites is 1. The van der Waals surface area contributed by atoms with E-state index in [1.54, 1.807) is 42.2 Å². The minimum Gasteiger partial charge on any atom is -0.396 e. The fraction of sp³-hybridized carbons (Fsp3) is 0.355. The van der Waals surface area contributed by atoms with Gasteiger partial charge in [0.05, 0.1) is 5.69 Å². The lowest BCUT2D eigenvalue weighted by Crippen LogP contribution is -2.44. The van der Waals surface area contributed by atoms with E-state index in [4.69, 9.17) is 5.11 Å². The molecule has 0 saturated carbocycles. The molecule has 2 aromatic rings. The van der Waals surface area contributed by atoms with Crippen molar-refractivity contribution in [2.75, 3.05) is 23.0 Å². The van der Waals surface area contributed by atoms with Crippen molar-refractivity contribution < 1.29 is 19.8 Å². The predicted molar refractivity (Wildman–Crippen MR) is 150 cm³/mol. The third-order valence-electron chi connectivity index (χ3n) is 6.76. The Morgan fingerprint density at radius 2 is 1.78 bits per heavy atom. The molecule has 3 rings (SSSR count). The molecule has 196 valence electrons. The van der Waals surface area contributed by atoms with Gasteiger partial charge in [-0.25, -0.2) is 0 Å². The van der Waals surface area contributed by atoms with Crippen molar-refractivity contribution in [1.82, 2.24) is 0 Å².